The van der Waals surface area contributed by atoms with Gasteiger partial charge in [-0.2, -0.15) is 5.10 Å². The SMILES string of the molecule is C/C(=N\Nc1cc(C(=O)O)ccc1Cl)c1sc(-c2ccc(O)cc2)nc1C. The molecule has 3 N–H and O–H groups in total. The summed E-state index contributed by atoms with van der Waals surface area (Å²) in [5.74, 6) is -0.832. The Hall–Kier alpha value is -2.90. The van der Waals surface area contributed by atoms with E-state index in [0.717, 1.165) is 21.1 Å². The van der Waals surface area contributed by atoms with Crippen LogP contribution < -0.4 is 5.43 Å². The molecule has 0 saturated heterocycles. The highest BCUT2D eigenvalue weighted by molar-refractivity contribution is 7.17. The molecule has 3 rings (SSSR count). The Labute approximate surface area is 164 Å². The Bertz CT molecular complexity index is 1030. The minimum Gasteiger partial charge on any atom is -0.508 e. The lowest BCUT2D eigenvalue weighted by atomic mass is 10.2. The molecule has 0 fully saturated rings. The number of hydrogen-bond acceptors (Lipinski definition) is 6. The zero-order valence-electron chi connectivity index (χ0n) is 14.5. The summed E-state index contributed by atoms with van der Waals surface area (Å²) in [7, 11) is 0. The number of aromatic nitrogens is 1. The van der Waals surface area contributed by atoms with Crippen molar-refractivity contribution in [1.82, 2.24) is 4.98 Å². The van der Waals surface area contributed by atoms with Crippen LogP contribution in [0.25, 0.3) is 10.6 Å². The van der Waals surface area contributed by atoms with Gasteiger partial charge < -0.3 is 10.2 Å². The third-order valence-electron chi connectivity index (χ3n) is 3.80. The molecule has 0 spiro atoms. The van der Waals surface area contributed by atoms with Gasteiger partial charge in [-0.3, -0.25) is 5.43 Å². The summed E-state index contributed by atoms with van der Waals surface area (Å²) in [5.41, 5.74) is 5.80. The number of hydrogen-bond donors (Lipinski definition) is 3. The Kier molecular flexibility index (Phi) is 5.43. The zero-order chi connectivity index (χ0) is 19.6. The number of aromatic carboxylic acids is 1. The lowest BCUT2D eigenvalue weighted by Gasteiger charge is -2.06. The van der Waals surface area contributed by atoms with Crippen molar-refractivity contribution in [2.75, 3.05) is 5.43 Å². The maximum atomic E-state index is 11.1. The van der Waals surface area contributed by atoms with E-state index in [4.69, 9.17) is 16.7 Å². The Morgan fingerprint density at radius 2 is 1.93 bits per heavy atom. The molecule has 8 heteroatoms. The number of halogens is 1. The number of carboxylic acids is 1. The van der Waals surface area contributed by atoms with Crippen LogP contribution in [0.4, 0.5) is 5.69 Å². The van der Waals surface area contributed by atoms with E-state index in [9.17, 15) is 9.90 Å². The van der Waals surface area contributed by atoms with Crippen molar-refractivity contribution in [3.63, 3.8) is 0 Å². The fourth-order valence-electron chi connectivity index (χ4n) is 2.40. The third-order valence-corrected chi connectivity index (χ3v) is 5.44. The van der Waals surface area contributed by atoms with Crippen LogP contribution in [0, 0.1) is 6.92 Å². The molecule has 0 aliphatic heterocycles. The number of anilines is 1. The fourth-order valence-corrected chi connectivity index (χ4v) is 3.57. The number of nitrogens with zero attached hydrogens (tertiary/aromatic N) is 2. The smallest absolute Gasteiger partial charge is 0.335 e. The normalized spacial score (nSPS) is 11.4. The zero-order valence-corrected chi connectivity index (χ0v) is 16.1. The van der Waals surface area contributed by atoms with Crippen molar-refractivity contribution in [2.24, 2.45) is 5.10 Å². The molecule has 0 unspecified atom stereocenters. The highest BCUT2D eigenvalue weighted by atomic mass is 35.5. The van der Waals surface area contributed by atoms with E-state index < -0.39 is 5.97 Å². The Balaban J connectivity index is 1.86. The monoisotopic (exact) mass is 401 g/mol. The standard InChI is InChI=1S/C19H16ClN3O3S/c1-10-17(27-18(21-10)12-3-6-14(24)7-4-12)11(2)22-23-16-9-13(19(25)26)5-8-15(16)20/h3-9,23-24H,1-2H3,(H,25,26)/b22-11+. The molecule has 0 amide bonds. The number of benzene rings is 2. The fraction of sp³-hybridized carbons (Fsp3) is 0.105. The molecule has 27 heavy (non-hydrogen) atoms. The summed E-state index contributed by atoms with van der Waals surface area (Å²) in [6.45, 7) is 3.73. The van der Waals surface area contributed by atoms with Gasteiger partial charge in [-0.15, -0.1) is 11.3 Å². The molecule has 0 atom stereocenters. The average Bonchev–Trinajstić information content (AvgIpc) is 3.03. The van der Waals surface area contributed by atoms with E-state index in [2.05, 4.69) is 15.5 Å². The number of aromatic hydroxyl groups is 1. The van der Waals surface area contributed by atoms with Crippen LogP contribution >= 0.6 is 22.9 Å². The number of rotatable bonds is 5. The number of carboxylic acid groups (broad SMARTS) is 1. The van der Waals surface area contributed by atoms with Gasteiger partial charge in [0, 0.05) is 5.56 Å². The van der Waals surface area contributed by atoms with Gasteiger partial charge in [-0.25, -0.2) is 9.78 Å². The number of carbonyl (C=O) groups is 1. The predicted molar refractivity (Wildman–Crippen MR) is 108 cm³/mol. The third kappa shape index (κ3) is 4.27. The van der Waals surface area contributed by atoms with E-state index in [1.165, 1.54) is 29.5 Å². The summed E-state index contributed by atoms with van der Waals surface area (Å²) < 4.78 is 0. The maximum Gasteiger partial charge on any atom is 0.335 e. The van der Waals surface area contributed by atoms with Crippen LogP contribution in [0.1, 0.15) is 27.9 Å². The number of thiazole rings is 1. The number of phenolic OH excluding ortho intramolecular Hbond substituents is 1. The van der Waals surface area contributed by atoms with Gasteiger partial charge in [0.25, 0.3) is 0 Å². The molecular formula is C19H16ClN3O3S. The number of phenols is 1. The lowest BCUT2D eigenvalue weighted by Crippen LogP contribution is -2.02. The highest BCUT2D eigenvalue weighted by Gasteiger charge is 2.13. The molecule has 0 radical (unpaired) electrons. The molecule has 1 aromatic heterocycles. The van der Waals surface area contributed by atoms with Gasteiger partial charge in [0.05, 0.1) is 32.6 Å². The molecule has 0 bridgehead atoms. The average molecular weight is 402 g/mol. The van der Waals surface area contributed by atoms with Crippen molar-refractivity contribution in [2.45, 2.75) is 13.8 Å². The summed E-state index contributed by atoms with van der Waals surface area (Å²) in [6, 6.07) is 11.2. The molecule has 0 saturated carbocycles. The van der Waals surface area contributed by atoms with Crippen molar-refractivity contribution in [3.8, 4) is 16.3 Å². The maximum absolute atomic E-state index is 11.1. The molecular weight excluding hydrogens is 386 g/mol. The van der Waals surface area contributed by atoms with Crippen LogP contribution in [0.3, 0.4) is 0 Å². The van der Waals surface area contributed by atoms with Gasteiger partial charge in [0.1, 0.15) is 10.8 Å². The molecule has 0 aliphatic carbocycles. The topological polar surface area (TPSA) is 94.8 Å². The van der Waals surface area contributed by atoms with Crippen molar-refractivity contribution < 1.29 is 15.0 Å². The molecule has 2 aromatic carbocycles. The molecule has 0 aliphatic rings. The minimum atomic E-state index is -1.03. The second-order valence-electron chi connectivity index (χ2n) is 5.79. The molecule has 1 heterocycles. The van der Waals surface area contributed by atoms with Gasteiger partial charge in [-0.1, -0.05) is 11.6 Å². The second kappa shape index (κ2) is 7.77. The van der Waals surface area contributed by atoms with E-state index in [1.807, 2.05) is 13.8 Å². The van der Waals surface area contributed by atoms with Crippen molar-refractivity contribution >= 4 is 40.3 Å². The van der Waals surface area contributed by atoms with Crippen LogP contribution in [0.15, 0.2) is 47.6 Å². The lowest BCUT2D eigenvalue weighted by molar-refractivity contribution is 0.0697. The van der Waals surface area contributed by atoms with E-state index in [-0.39, 0.29) is 11.3 Å². The van der Waals surface area contributed by atoms with E-state index in [1.54, 1.807) is 24.3 Å². The summed E-state index contributed by atoms with van der Waals surface area (Å²) in [6.07, 6.45) is 0. The Morgan fingerprint density at radius 1 is 1.22 bits per heavy atom. The first-order valence-electron chi connectivity index (χ1n) is 7.95. The first-order valence-corrected chi connectivity index (χ1v) is 9.15. The van der Waals surface area contributed by atoms with Gasteiger partial charge in [-0.05, 0) is 56.3 Å². The van der Waals surface area contributed by atoms with Gasteiger partial charge in [0.15, 0.2) is 0 Å². The van der Waals surface area contributed by atoms with Crippen LogP contribution in [-0.4, -0.2) is 26.9 Å². The molecule has 3 aromatic rings. The van der Waals surface area contributed by atoms with Gasteiger partial charge in [0.2, 0.25) is 0 Å². The molecule has 138 valence electrons. The van der Waals surface area contributed by atoms with Crippen molar-refractivity contribution in [3.05, 3.63) is 63.6 Å². The number of hydrazone groups is 1. The second-order valence-corrected chi connectivity index (χ2v) is 7.20. The minimum absolute atomic E-state index is 0.123. The van der Waals surface area contributed by atoms with Gasteiger partial charge >= 0.3 is 5.97 Å². The number of aryl methyl sites for hydroxylation is 1. The van der Waals surface area contributed by atoms with Crippen LogP contribution in [-0.2, 0) is 0 Å². The Morgan fingerprint density at radius 3 is 2.59 bits per heavy atom. The summed E-state index contributed by atoms with van der Waals surface area (Å²) in [4.78, 5) is 16.6. The summed E-state index contributed by atoms with van der Waals surface area (Å²) in [5, 5.41) is 24.0. The van der Waals surface area contributed by atoms with E-state index >= 15 is 0 Å². The number of nitrogens with one attached hydrogen (secondary N) is 1. The quantitative estimate of drug-likeness (QED) is 0.412. The van der Waals surface area contributed by atoms with Crippen molar-refractivity contribution in [1.29, 1.82) is 0 Å². The molecule has 6 nitrogen and oxygen atoms in total. The summed E-state index contributed by atoms with van der Waals surface area (Å²) >= 11 is 7.59. The first kappa shape index (κ1) is 18.9. The highest BCUT2D eigenvalue weighted by Crippen LogP contribution is 2.30. The van der Waals surface area contributed by atoms with Crippen LogP contribution in [0.5, 0.6) is 5.75 Å². The van der Waals surface area contributed by atoms with E-state index in [0.29, 0.717) is 16.4 Å². The largest absolute Gasteiger partial charge is 0.508 e. The van der Waals surface area contributed by atoms with Crippen LogP contribution in [0.2, 0.25) is 5.02 Å². The first-order chi connectivity index (χ1) is 12.8. The predicted octanol–water partition coefficient (Wildman–Crippen LogP) is 5.01.